The van der Waals surface area contributed by atoms with E-state index in [4.69, 9.17) is 9.90 Å². The number of benzene rings is 1. The third kappa shape index (κ3) is 6.14. The zero-order valence-electron chi connectivity index (χ0n) is 19.0. The number of halogens is 4. The molecule has 4 rings (SSSR count). The standard InChI is InChI=1S/C21H24FN3O4.C2HF3O2/c22-15-3-1-14(2-4-15)12-24-9-10-25-17(21(24)29)19(27)18(26)16(20(25)28)11-13-5-7-23-8-6-13;3-2(4,5)1(6)7/h1-4,13,23,26-27H,5-12H2;(H,6,7). The summed E-state index contributed by atoms with van der Waals surface area (Å²) in [6, 6.07) is 5.81. The molecule has 13 heteroatoms. The second-order valence-electron chi connectivity index (χ2n) is 8.53. The number of fused-ring (bicyclic) bond motifs is 1. The number of hydrogen-bond acceptors (Lipinski definition) is 6. The first-order chi connectivity index (χ1) is 16.9. The number of nitrogens with zero attached hydrogens (tertiary/aromatic N) is 2. The number of rotatable bonds is 4. The number of aromatic nitrogens is 1. The van der Waals surface area contributed by atoms with Gasteiger partial charge in [0.05, 0.1) is 5.56 Å². The van der Waals surface area contributed by atoms with E-state index < -0.39 is 35.1 Å². The van der Waals surface area contributed by atoms with Crippen molar-refractivity contribution in [3.63, 3.8) is 0 Å². The Hall–Kier alpha value is -3.61. The molecule has 3 heterocycles. The van der Waals surface area contributed by atoms with Gasteiger partial charge in [-0.15, -0.1) is 0 Å². The molecule has 4 N–H and O–H groups in total. The Bertz CT molecular complexity index is 1170. The minimum absolute atomic E-state index is 0.179. The van der Waals surface area contributed by atoms with Gasteiger partial charge in [-0.1, -0.05) is 12.1 Å². The van der Waals surface area contributed by atoms with Gasteiger partial charge in [-0.2, -0.15) is 13.2 Å². The molecule has 0 aliphatic carbocycles. The van der Waals surface area contributed by atoms with Crippen LogP contribution in [0.2, 0.25) is 0 Å². The van der Waals surface area contributed by atoms with Crippen LogP contribution in [0.15, 0.2) is 29.1 Å². The highest BCUT2D eigenvalue weighted by Gasteiger charge is 2.38. The number of carboxylic acid groups (broad SMARTS) is 1. The molecule has 2 aliphatic rings. The predicted octanol–water partition coefficient (Wildman–Crippen LogP) is 2.23. The number of alkyl halides is 3. The molecule has 9 nitrogen and oxygen atoms in total. The van der Waals surface area contributed by atoms with E-state index >= 15 is 0 Å². The highest BCUT2D eigenvalue weighted by molar-refractivity contribution is 5.96. The summed E-state index contributed by atoms with van der Waals surface area (Å²) in [5.41, 5.74) is 0.318. The zero-order valence-corrected chi connectivity index (χ0v) is 19.0. The molecule has 1 amide bonds. The SMILES string of the molecule is O=C(O)C(F)(F)F.O=C1c2c(O)c(O)c(CC3CCNCC3)c(=O)n2CCN1Cc1ccc(F)cc1. The third-order valence-corrected chi connectivity index (χ3v) is 6.07. The molecule has 0 saturated carbocycles. The van der Waals surface area contributed by atoms with E-state index in [9.17, 15) is 37.4 Å². The average Bonchev–Trinajstić information content (AvgIpc) is 2.83. The predicted molar refractivity (Wildman–Crippen MR) is 118 cm³/mol. The van der Waals surface area contributed by atoms with E-state index in [2.05, 4.69) is 5.32 Å². The van der Waals surface area contributed by atoms with Crippen LogP contribution >= 0.6 is 0 Å². The molecule has 0 radical (unpaired) electrons. The number of amides is 1. The van der Waals surface area contributed by atoms with E-state index in [1.54, 1.807) is 12.1 Å². The fraction of sp³-hybridized carbons (Fsp3) is 0.435. The van der Waals surface area contributed by atoms with Crippen molar-refractivity contribution < 1.29 is 42.5 Å². The van der Waals surface area contributed by atoms with Crippen molar-refractivity contribution in [1.82, 2.24) is 14.8 Å². The third-order valence-electron chi connectivity index (χ3n) is 6.07. The number of pyridine rings is 1. The summed E-state index contributed by atoms with van der Waals surface area (Å²) >= 11 is 0. The van der Waals surface area contributed by atoms with Crippen molar-refractivity contribution in [2.75, 3.05) is 19.6 Å². The van der Waals surface area contributed by atoms with Crippen LogP contribution in [-0.4, -0.2) is 62.5 Å². The van der Waals surface area contributed by atoms with Crippen molar-refractivity contribution in [3.05, 3.63) is 57.3 Å². The Labute approximate surface area is 202 Å². The lowest BCUT2D eigenvalue weighted by Crippen LogP contribution is -2.45. The summed E-state index contributed by atoms with van der Waals surface area (Å²) in [7, 11) is 0. The first-order valence-electron chi connectivity index (χ1n) is 11.1. The number of hydrogen-bond donors (Lipinski definition) is 4. The topological polar surface area (TPSA) is 132 Å². The maximum Gasteiger partial charge on any atom is 0.490 e. The lowest BCUT2D eigenvalue weighted by Gasteiger charge is -2.31. The number of aromatic hydroxyl groups is 2. The van der Waals surface area contributed by atoms with E-state index in [-0.39, 0.29) is 36.1 Å². The van der Waals surface area contributed by atoms with Gasteiger partial charge in [0.1, 0.15) is 5.82 Å². The van der Waals surface area contributed by atoms with Gasteiger partial charge in [0.15, 0.2) is 17.2 Å². The molecule has 2 aromatic rings. The van der Waals surface area contributed by atoms with Gasteiger partial charge in [0, 0.05) is 19.6 Å². The summed E-state index contributed by atoms with van der Waals surface area (Å²) in [4.78, 5) is 36.3. The first kappa shape index (κ1) is 27.0. The Morgan fingerprint density at radius 1 is 1.03 bits per heavy atom. The Kier molecular flexibility index (Phi) is 8.23. The summed E-state index contributed by atoms with van der Waals surface area (Å²) in [5.74, 6) is -4.42. The Balaban J connectivity index is 0.000000454. The fourth-order valence-electron chi connectivity index (χ4n) is 4.17. The normalized spacial score (nSPS) is 16.2. The van der Waals surface area contributed by atoms with E-state index in [1.165, 1.54) is 21.6 Å². The number of carboxylic acids is 1. The van der Waals surface area contributed by atoms with Crippen molar-refractivity contribution in [3.8, 4) is 11.5 Å². The maximum absolute atomic E-state index is 13.1. The maximum atomic E-state index is 13.1. The van der Waals surface area contributed by atoms with Crippen LogP contribution in [0.5, 0.6) is 11.5 Å². The summed E-state index contributed by atoms with van der Waals surface area (Å²) in [6.07, 6.45) is -2.91. The van der Waals surface area contributed by atoms with Gasteiger partial charge in [-0.25, -0.2) is 9.18 Å². The van der Waals surface area contributed by atoms with Gasteiger partial charge in [-0.05, 0) is 56.0 Å². The molecule has 0 spiro atoms. The average molecular weight is 515 g/mol. The lowest BCUT2D eigenvalue weighted by atomic mass is 9.90. The van der Waals surface area contributed by atoms with Crippen molar-refractivity contribution in [2.45, 2.75) is 38.5 Å². The Morgan fingerprint density at radius 2 is 1.61 bits per heavy atom. The second-order valence-corrected chi connectivity index (χ2v) is 8.53. The van der Waals surface area contributed by atoms with Gasteiger partial charge in [0.2, 0.25) is 0 Å². The Morgan fingerprint density at radius 3 is 2.17 bits per heavy atom. The quantitative estimate of drug-likeness (QED) is 0.459. The highest BCUT2D eigenvalue weighted by Crippen LogP contribution is 2.35. The van der Waals surface area contributed by atoms with E-state index in [0.717, 1.165) is 31.5 Å². The number of carbonyl (C=O) groups excluding carboxylic acids is 1. The highest BCUT2D eigenvalue weighted by atomic mass is 19.4. The van der Waals surface area contributed by atoms with Crippen LogP contribution in [-0.2, 0) is 24.3 Å². The summed E-state index contributed by atoms with van der Waals surface area (Å²) in [5, 5.41) is 31.4. The molecule has 1 aromatic heterocycles. The second kappa shape index (κ2) is 11.0. The van der Waals surface area contributed by atoms with E-state index in [0.29, 0.717) is 13.0 Å². The number of carbonyl (C=O) groups is 2. The van der Waals surface area contributed by atoms with Crippen LogP contribution in [0, 0.1) is 11.7 Å². The molecule has 1 saturated heterocycles. The molecule has 2 aliphatic heterocycles. The molecule has 36 heavy (non-hydrogen) atoms. The zero-order chi connectivity index (χ0) is 26.6. The summed E-state index contributed by atoms with van der Waals surface area (Å²) in [6.45, 7) is 2.47. The van der Waals surface area contributed by atoms with Crippen LogP contribution in [0.1, 0.15) is 34.5 Å². The molecule has 0 bridgehead atoms. The van der Waals surface area contributed by atoms with Gasteiger partial charge < -0.3 is 25.5 Å². The van der Waals surface area contributed by atoms with Gasteiger partial charge in [0.25, 0.3) is 11.5 Å². The lowest BCUT2D eigenvalue weighted by molar-refractivity contribution is -0.192. The van der Waals surface area contributed by atoms with Crippen LogP contribution in [0.4, 0.5) is 17.6 Å². The van der Waals surface area contributed by atoms with Crippen molar-refractivity contribution in [2.24, 2.45) is 5.92 Å². The number of nitrogens with one attached hydrogen (secondary N) is 1. The van der Waals surface area contributed by atoms with Crippen molar-refractivity contribution >= 4 is 11.9 Å². The van der Waals surface area contributed by atoms with Crippen LogP contribution in [0.3, 0.4) is 0 Å². The number of aliphatic carboxylic acids is 1. The molecule has 196 valence electrons. The molecule has 0 unspecified atom stereocenters. The largest absolute Gasteiger partial charge is 0.504 e. The van der Waals surface area contributed by atoms with Crippen molar-refractivity contribution in [1.29, 1.82) is 0 Å². The monoisotopic (exact) mass is 515 g/mol. The first-order valence-corrected chi connectivity index (χ1v) is 11.1. The van der Waals surface area contributed by atoms with Gasteiger partial charge >= 0.3 is 12.1 Å². The minimum atomic E-state index is -5.08. The molecular weight excluding hydrogens is 490 g/mol. The van der Waals surface area contributed by atoms with Gasteiger partial charge in [-0.3, -0.25) is 14.2 Å². The number of piperidine rings is 1. The van der Waals surface area contributed by atoms with E-state index in [1.807, 2.05) is 0 Å². The molecular formula is C23H25F4N3O6. The van der Waals surface area contributed by atoms with Crippen LogP contribution < -0.4 is 10.9 Å². The summed E-state index contributed by atoms with van der Waals surface area (Å²) < 4.78 is 46.1. The van der Waals surface area contributed by atoms with Crippen LogP contribution in [0.25, 0.3) is 0 Å². The fourth-order valence-corrected chi connectivity index (χ4v) is 4.17. The molecule has 1 aromatic carbocycles. The smallest absolute Gasteiger partial charge is 0.490 e. The minimum Gasteiger partial charge on any atom is -0.504 e. The molecule has 0 atom stereocenters. The molecule has 1 fully saturated rings.